The molecule has 0 unspecified atom stereocenters. The third kappa shape index (κ3) is 3.57. The fraction of sp³-hybridized carbons (Fsp3) is 0.500. The highest BCUT2D eigenvalue weighted by Crippen LogP contribution is 2.25. The summed E-state index contributed by atoms with van der Waals surface area (Å²) >= 11 is 0. The molecule has 2 N–H and O–H groups in total. The lowest BCUT2D eigenvalue weighted by atomic mass is 10.0. The van der Waals surface area contributed by atoms with Gasteiger partial charge in [-0.25, -0.2) is 0 Å². The Morgan fingerprint density at radius 2 is 1.86 bits per heavy atom. The van der Waals surface area contributed by atoms with Gasteiger partial charge in [0.1, 0.15) is 5.75 Å². The molecule has 22 heavy (non-hydrogen) atoms. The second-order valence-corrected chi connectivity index (χ2v) is 5.86. The Labute approximate surface area is 129 Å². The quantitative estimate of drug-likeness (QED) is 0.794. The Hall–Kier alpha value is -2.08. The van der Waals surface area contributed by atoms with Crippen molar-refractivity contribution >= 4 is 11.8 Å². The number of carbonyl (C=O) groups is 2. The van der Waals surface area contributed by atoms with E-state index in [0.717, 1.165) is 26.2 Å². The predicted octanol–water partition coefficient (Wildman–Crippen LogP) is -0.141. The maximum Gasteiger partial charge on any atom is 0.258 e. The minimum absolute atomic E-state index is 0.0116. The topological polar surface area (TPSA) is 70.7 Å². The number of benzene rings is 1. The van der Waals surface area contributed by atoms with Crippen LogP contribution in [0, 0.1) is 11.8 Å². The van der Waals surface area contributed by atoms with Crippen LogP contribution < -0.4 is 15.4 Å². The van der Waals surface area contributed by atoms with Gasteiger partial charge in [0.2, 0.25) is 5.91 Å². The molecule has 2 heterocycles. The molecule has 0 saturated carbocycles. The van der Waals surface area contributed by atoms with Crippen LogP contribution in [0.3, 0.4) is 0 Å². The number of hydrogen-bond donors (Lipinski definition) is 2. The number of para-hydroxylation sites is 1. The van der Waals surface area contributed by atoms with E-state index in [-0.39, 0.29) is 25.0 Å². The Kier molecular flexibility index (Phi) is 4.58. The van der Waals surface area contributed by atoms with Gasteiger partial charge in [0.25, 0.3) is 5.91 Å². The predicted molar refractivity (Wildman–Crippen MR) is 81.4 cm³/mol. The summed E-state index contributed by atoms with van der Waals surface area (Å²) < 4.78 is 5.34. The number of ether oxygens (including phenoxy) is 1. The minimum Gasteiger partial charge on any atom is -0.484 e. The van der Waals surface area contributed by atoms with E-state index in [0.29, 0.717) is 17.6 Å². The summed E-state index contributed by atoms with van der Waals surface area (Å²) in [7, 11) is 0. The van der Waals surface area contributed by atoms with Gasteiger partial charge in [-0.05, 0) is 24.0 Å². The minimum atomic E-state index is -0.279. The first-order valence-corrected chi connectivity index (χ1v) is 7.65. The second kappa shape index (κ2) is 6.79. The first-order valence-electron chi connectivity index (χ1n) is 7.65. The monoisotopic (exact) mass is 303 g/mol. The van der Waals surface area contributed by atoms with Gasteiger partial charge in [-0.2, -0.15) is 0 Å². The number of rotatable bonds is 5. The molecule has 6 nitrogen and oxygen atoms in total. The summed E-state index contributed by atoms with van der Waals surface area (Å²) in [5.41, 5.74) is 0. The third-order valence-electron chi connectivity index (χ3n) is 4.29. The largest absolute Gasteiger partial charge is 0.484 e. The van der Waals surface area contributed by atoms with Gasteiger partial charge in [-0.1, -0.05) is 18.2 Å². The highest BCUT2D eigenvalue weighted by Gasteiger charge is 2.37. The van der Waals surface area contributed by atoms with Crippen molar-refractivity contribution in [3.8, 4) is 5.75 Å². The fourth-order valence-electron chi connectivity index (χ4n) is 3.06. The first-order chi connectivity index (χ1) is 10.7. The summed E-state index contributed by atoms with van der Waals surface area (Å²) in [5.74, 6) is 1.49. The van der Waals surface area contributed by atoms with Crippen molar-refractivity contribution in [2.45, 2.75) is 0 Å². The van der Waals surface area contributed by atoms with Crippen LogP contribution in [0.5, 0.6) is 5.75 Å². The van der Waals surface area contributed by atoms with E-state index >= 15 is 0 Å². The molecule has 118 valence electrons. The molecule has 2 atom stereocenters. The molecule has 0 bridgehead atoms. The first kappa shape index (κ1) is 14.8. The van der Waals surface area contributed by atoms with Gasteiger partial charge < -0.3 is 20.3 Å². The van der Waals surface area contributed by atoms with Crippen LogP contribution in [-0.2, 0) is 9.59 Å². The zero-order valence-corrected chi connectivity index (χ0v) is 12.5. The average molecular weight is 303 g/mol. The number of nitrogens with one attached hydrogen (secondary N) is 2. The number of likely N-dealkylation sites (tertiary alicyclic amines) is 1. The SMILES string of the molecule is O=C(COc1ccccc1)NCC(=O)N1C[C@H]2CNC[C@H]2C1. The van der Waals surface area contributed by atoms with Gasteiger partial charge in [-0.15, -0.1) is 0 Å². The second-order valence-electron chi connectivity index (χ2n) is 5.86. The zero-order chi connectivity index (χ0) is 15.4. The Morgan fingerprint density at radius 1 is 1.18 bits per heavy atom. The van der Waals surface area contributed by atoms with E-state index in [1.807, 2.05) is 23.1 Å². The summed E-state index contributed by atoms with van der Waals surface area (Å²) in [5, 5.41) is 5.97. The van der Waals surface area contributed by atoms with Crippen LogP contribution in [0.2, 0.25) is 0 Å². The van der Waals surface area contributed by atoms with E-state index in [1.54, 1.807) is 12.1 Å². The van der Waals surface area contributed by atoms with Crippen LogP contribution in [0.1, 0.15) is 0 Å². The fourth-order valence-corrected chi connectivity index (χ4v) is 3.06. The van der Waals surface area contributed by atoms with Crippen molar-refractivity contribution in [2.75, 3.05) is 39.3 Å². The van der Waals surface area contributed by atoms with E-state index in [9.17, 15) is 9.59 Å². The van der Waals surface area contributed by atoms with Crippen molar-refractivity contribution in [1.82, 2.24) is 15.5 Å². The van der Waals surface area contributed by atoms with Crippen LogP contribution >= 0.6 is 0 Å². The normalized spacial score (nSPS) is 23.2. The van der Waals surface area contributed by atoms with Crippen LogP contribution in [0.15, 0.2) is 30.3 Å². The molecular formula is C16H21N3O3. The molecule has 2 aliphatic rings. The molecule has 0 spiro atoms. The van der Waals surface area contributed by atoms with Crippen LogP contribution in [0.4, 0.5) is 0 Å². The molecular weight excluding hydrogens is 282 g/mol. The summed E-state index contributed by atoms with van der Waals surface area (Å²) in [6.45, 7) is 3.55. The van der Waals surface area contributed by atoms with Crippen molar-refractivity contribution in [3.63, 3.8) is 0 Å². The number of amides is 2. The maximum absolute atomic E-state index is 12.1. The van der Waals surface area contributed by atoms with E-state index in [4.69, 9.17) is 4.74 Å². The molecule has 6 heteroatoms. The lowest BCUT2D eigenvalue weighted by molar-refractivity contribution is -0.132. The standard InChI is InChI=1S/C16H21N3O3/c20-15(11-22-14-4-2-1-3-5-14)18-8-16(21)19-9-12-6-17-7-13(12)10-19/h1-5,12-13,17H,6-11H2,(H,18,20)/t12-,13+. The Bertz CT molecular complexity index is 523. The van der Waals surface area contributed by atoms with Gasteiger partial charge in [0.15, 0.2) is 6.61 Å². The molecule has 2 saturated heterocycles. The highest BCUT2D eigenvalue weighted by molar-refractivity contribution is 5.85. The average Bonchev–Trinajstić information content (AvgIpc) is 3.13. The van der Waals surface area contributed by atoms with Crippen molar-refractivity contribution in [3.05, 3.63) is 30.3 Å². The van der Waals surface area contributed by atoms with Gasteiger partial charge in [0, 0.05) is 26.2 Å². The smallest absolute Gasteiger partial charge is 0.258 e. The Balaban J connectivity index is 1.37. The molecule has 2 aliphatic heterocycles. The maximum atomic E-state index is 12.1. The molecule has 2 amide bonds. The van der Waals surface area contributed by atoms with Gasteiger partial charge in [0.05, 0.1) is 6.54 Å². The zero-order valence-electron chi connectivity index (χ0n) is 12.5. The lowest BCUT2D eigenvalue weighted by Gasteiger charge is -2.17. The van der Waals surface area contributed by atoms with Crippen molar-refractivity contribution in [2.24, 2.45) is 11.8 Å². The number of hydrogen-bond acceptors (Lipinski definition) is 4. The summed E-state index contributed by atoms with van der Waals surface area (Å²) in [4.78, 5) is 25.7. The van der Waals surface area contributed by atoms with Gasteiger partial charge >= 0.3 is 0 Å². The highest BCUT2D eigenvalue weighted by atomic mass is 16.5. The molecule has 1 aromatic carbocycles. The number of carbonyl (C=O) groups excluding carboxylic acids is 2. The van der Waals surface area contributed by atoms with Crippen molar-refractivity contribution < 1.29 is 14.3 Å². The van der Waals surface area contributed by atoms with Crippen LogP contribution in [0.25, 0.3) is 0 Å². The molecule has 0 aliphatic carbocycles. The lowest BCUT2D eigenvalue weighted by Crippen LogP contribution is -2.41. The molecule has 3 rings (SSSR count). The third-order valence-corrected chi connectivity index (χ3v) is 4.29. The van der Waals surface area contributed by atoms with Gasteiger partial charge in [-0.3, -0.25) is 9.59 Å². The molecule has 2 fully saturated rings. The van der Waals surface area contributed by atoms with E-state index < -0.39 is 0 Å². The number of fused-ring (bicyclic) bond motifs is 1. The van der Waals surface area contributed by atoms with E-state index in [2.05, 4.69) is 10.6 Å². The Morgan fingerprint density at radius 3 is 2.55 bits per heavy atom. The summed E-state index contributed by atoms with van der Waals surface area (Å²) in [6.07, 6.45) is 0. The molecule has 0 aromatic heterocycles. The molecule has 1 aromatic rings. The summed E-state index contributed by atoms with van der Waals surface area (Å²) in [6, 6.07) is 9.14. The number of nitrogens with zero attached hydrogens (tertiary/aromatic N) is 1. The van der Waals surface area contributed by atoms with Crippen LogP contribution in [-0.4, -0.2) is 56.0 Å². The van der Waals surface area contributed by atoms with Crippen molar-refractivity contribution in [1.29, 1.82) is 0 Å². The molecule has 0 radical (unpaired) electrons. The van der Waals surface area contributed by atoms with E-state index in [1.165, 1.54) is 0 Å².